The van der Waals surface area contributed by atoms with Gasteiger partial charge in [0.25, 0.3) is 0 Å². The normalized spacial score (nSPS) is 12.0. The minimum absolute atomic E-state index is 0.288. The molecule has 0 N–H and O–H groups in total. The Morgan fingerprint density at radius 2 is 1.87 bits per heavy atom. The van der Waals surface area contributed by atoms with E-state index in [0.717, 1.165) is 16.8 Å². The van der Waals surface area contributed by atoms with Crippen molar-refractivity contribution >= 4 is 17.0 Å². The summed E-state index contributed by atoms with van der Waals surface area (Å²) < 4.78 is 13.1. The Kier molecular flexibility index (Phi) is 4.57. The molecule has 0 saturated carbocycles. The molecule has 0 aliphatic carbocycles. The van der Waals surface area contributed by atoms with Crippen molar-refractivity contribution in [2.45, 2.75) is 19.6 Å². The molecule has 3 aromatic rings. The van der Waals surface area contributed by atoms with E-state index in [1.54, 1.807) is 6.33 Å². The molecular formula is C18H18N2O3. The van der Waals surface area contributed by atoms with Gasteiger partial charge in [-0.2, -0.15) is 0 Å². The molecule has 0 bridgehead atoms. The largest absolute Gasteiger partial charge is 0.490 e. The number of hydrogen-bond acceptors (Lipinski definition) is 4. The predicted octanol–water partition coefficient (Wildman–Crippen LogP) is 3.05. The summed E-state index contributed by atoms with van der Waals surface area (Å²) in [7, 11) is 0. The van der Waals surface area contributed by atoms with E-state index >= 15 is 0 Å². The first-order valence-corrected chi connectivity index (χ1v) is 7.47. The van der Waals surface area contributed by atoms with E-state index in [1.807, 2.05) is 59.2 Å². The maximum Gasteiger partial charge on any atom is 0.303 e. The fourth-order valence-electron chi connectivity index (χ4n) is 2.44. The summed E-state index contributed by atoms with van der Waals surface area (Å²) in [6, 6.07) is 17.3. The number of imidazole rings is 1. The average molecular weight is 310 g/mol. The smallest absolute Gasteiger partial charge is 0.303 e. The second-order valence-corrected chi connectivity index (χ2v) is 5.24. The Bertz CT molecular complexity index is 783. The molecule has 0 saturated heterocycles. The van der Waals surface area contributed by atoms with Crippen LogP contribution in [0.1, 0.15) is 6.92 Å². The maximum absolute atomic E-state index is 11.4. The van der Waals surface area contributed by atoms with Crippen LogP contribution in [0.25, 0.3) is 11.0 Å². The number of esters is 1. The summed E-state index contributed by atoms with van der Waals surface area (Å²) >= 11 is 0. The maximum atomic E-state index is 11.4. The molecular weight excluding hydrogens is 292 g/mol. The minimum Gasteiger partial charge on any atom is -0.490 e. The predicted molar refractivity (Wildman–Crippen MR) is 87.2 cm³/mol. The molecule has 118 valence electrons. The van der Waals surface area contributed by atoms with Gasteiger partial charge in [-0.25, -0.2) is 4.98 Å². The summed E-state index contributed by atoms with van der Waals surface area (Å²) in [5.41, 5.74) is 1.92. The number of aromatic nitrogens is 2. The van der Waals surface area contributed by atoms with Crippen molar-refractivity contribution in [1.82, 2.24) is 9.55 Å². The van der Waals surface area contributed by atoms with Gasteiger partial charge in [-0.1, -0.05) is 30.3 Å². The van der Waals surface area contributed by atoms with E-state index in [1.165, 1.54) is 6.92 Å². The molecule has 0 aliphatic rings. The summed E-state index contributed by atoms with van der Waals surface area (Å²) in [6.07, 6.45) is 1.37. The summed E-state index contributed by atoms with van der Waals surface area (Å²) in [5, 5.41) is 0. The molecule has 0 fully saturated rings. The SMILES string of the molecule is CC(=O)O[C@@H](COc1ccccc1)Cn1cnc2ccccc21. The van der Waals surface area contributed by atoms with E-state index in [2.05, 4.69) is 4.98 Å². The van der Waals surface area contributed by atoms with Gasteiger partial charge in [-0.15, -0.1) is 0 Å². The lowest BCUT2D eigenvalue weighted by molar-refractivity contribution is -0.148. The Hall–Kier alpha value is -2.82. The summed E-state index contributed by atoms with van der Waals surface area (Å²) in [4.78, 5) is 15.7. The van der Waals surface area contributed by atoms with Gasteiger partial charge in [-0.3, -0.25) is 4.79 Å². The van der Waals surface area contributed by atoms with E-state index in [-0.39, 0.29) is 18.7 Å². The molecule has 1 atom stereocenters. The number of carbonyl (C=O) groups is 1. The van der Waals surface area contributed by atoms with Crippen LogP contribution < -0.4 is 4.74 Å². The Morgan fingerprint density at radius 1 is 1.13 bits per heavy atom. The van der Waals surface area contributed by atoms with Crippen LogP contribution in [0.5, 0.6) is 5.75 Å². The third-order valence-corrected chi connectivity index (χ3v) is 3.44. The van der Waals surface area contributed by atoms with Crippen molar-refractivity contribution in [2.24, 2.45) is 0 Å². The Labute approximate surface area is 134 Å². The molecule has 5 heteroatoms. The van der Waals surface area contributed by atoms with Crippen LogP contribution in [-0.2, 0) is 16.1 Å². The minimum atomic E-state index is -0.384. The number of rotatable bonds is 6. The fraction of sp³-hybridized carbons (Fsp3) is 0.222. The number of benzene rings is 2. The van der Waals surface area contributed by atoms with Gasteiger partial charge in [-0.05, 0) is 24.3 Å². The van der Waals surface area contributed by atoms with Crippen molar-refractivity contribution in [3.8, 4) is 5.75 Å². The van der Waals surface area contributed by atoms with Crippen LogP contribution in [-0.4, -0.2) is 28.2 Å². The molecule has 0 unspecified atom stereocenters. The van der Waals surface area contributed by atoms with E-state index in [0.29, 0.717) is 6.54 Å². The number of hydrogen-bond donors (Lipinski definition) is 0. The number of carbonyl (C=O) groups excluding carboxylic acids is 1. The van der Waals surface area contributed by atoms with Gasteiger partial charge in [0.05, 0.1) is 23.9 Å². The lowest BCUT2D eigenvalue weighted by Crippen LogP contribution is -2.28. The molecule has 5 nitrogen and oxygen atoms in total. The van der Waals surface area contributed by atoms with Crippen LogP contribution in [0.15, 0.2) is 60.9 Å². The zero-order valence-electron chi connectivity index (χ0n) is 12.9. The van der Waals surface area contributed by atoms with Gasteiger partial charge in [0, 0.05) is 6.92 Å². The first-order valence-electron chi connectivity index (χ1n) is 7.47. The highest BCUT2D eigenvalue weighted by Gasteiger charge is 2.15. The van der Waals surface area contributed by atoms with Gasteiger partial charge in [0.2, 0.25) is 0 Å². The fourth-order valence-corrected chi connectivity index (χ4v) is 2.44. The van der Waals surface area contributed by atoms with Crippen molar-refractivity contribution in [3.63, 3.8) is 0 Å². The van der Waals surface area contributed by atoms with Crippen LogP contribution >= 0.6 is 0 Å². The quantitative estimate of drug-likeness (QED) is 0.657. The Balaban J connectivity index is 1.72. The zero-order chi connectivity index (χ0) is 16.1. The molecule has 3 rings (SSSR count). The van der Waals surface area contributed by atoms with E-state index in [4.69, 9.17) is 9.47 Å². The average Bonchev–Trinajstić information content (AvgIpc) is 2.96. The number of nitrogens with zero attached hydrogens (tertiary/aromatic N) is 2. The van der Waals surface area contributed by atoms with E-state index in [9.17, 15) is 4.79 Å². The number of ether oxygens (including phenoxy) is 2. The van der Waals surface area contributed by atoms with Crippen LogP contribution in [0.3, 0.4) is 0 Å². The molecule has 0 radical (unpaired) electrons. The third-order valence-electron chi connectivity index (χ3n) is 3.44. The first-order chi connectivity index (χ1) is 11.2. The zero-order valence-corrected chi connectivity index (χ0v) is 12.9. The van der Waals surface area contributed by atoms with E-state index < -0.39 is 0 Å². The number of para-hydroxylation sites is 3. The molecule has 0 spiro atoms. The van der Waals surface area contributed by atoms with Crippen molar-refractivity contribution < 1.29 is 14.3 Å². The monoisotopic (exact) mass is 310 g/mol. The van der Waals surface area contributed by atoms with Crippen molar-refractivity contribution in [3.05, 3.63) is 60.9 Å². The highest BCUT2D eigenvalue weighted by atomic mass is 16.6. The van der Waals surface area contributed by atoms with Crippen LogP contribution in [0.2, 0.25) is 0 Å². The van der Waals surface area contributed by atoms with Gasteiger partial charge < -0.3 is 14.0 Å². The van der Waals surface area contributed by atoms with Crippen molar-refractivity contribution in [1.29, 1.82) is 0 Å². The summed E-state index contributed by atoms with van der Waals surface area (Å²) in [5.74, 6) is 0.427. The highest BCUT2D eigenvalue weighted by Crippen LogP contribution is 2.14. The topological polar surface area (TPSA) is 53.4 Å². The molecule has 23 heavy (non-hydrogen) atoms. The second-order valence-electron chi connectivity index (χ2n) is 5.24. The highest BCUT2D eigenvalue weighted by molar-refractivity contribution is 5.74. The molecule has 0 aliphatic heterocycles. The van der Waals surface area contributed by atoms with Crippen LogP contribution in [0, 0.1) is 0 Å². The van der Waals surface area contributed by atoms with Crippen LogP contribution in [0.4, 0.5) is 0 Å². The van der Waals surface area contributed by atoms with Gasteiger partial charge in [0.1, 0.15) is 12.4 Å². The Morgan fingerprint density at radius 3 is 2.65 bits per heavy atom. The lowest BCUT2D eigenvalue weighted by atomic mass is 10.3. The lowest BCUT2D eigenvalue weighted by Gasteiger charge is -2.18. The van der Waals surface area contributed by atoms with Crippen molar-refractivity contribution in [2.75, 3.05) is 6.61 Å². The standard InChI is InChI=1S/C18H18N2O3/c1-14(21)23-16(12-22-15-7-3-2-4-8-15)11-20-13-19-17-9-5-6-10-18(17)20/h2-10,13,16H,11-12H2,1H3/t16-/m1/s1. The first kappa shape index (κ1) is 15.1. The third kappa shape index (κ3) is 3.88. The second kappa shape index (κ2) is 6.96. The molecule has 0 amide bonds. The summed E-state index contributed by atoms with van der Waals surface area (Å²) in [6.45, 7) is 2.19. The number of fused-ring (bicyclic) bond motifs is 1. The molecule has 2 aromatic carbocycles. The molecule has 1 aromatic heterocycles. The van der Waals surface area contributed by atoms with Gasteiger partial charge in [0.15, 0.2) is 6.10 Å². The molecule has 1 heterocycles. The van der Waals surface area contributed by atoms with Gasteiger partial charge >= 0.3 is 5.97 Å².